The molecule has 7 nitrogen and oxygen atoms in total. The van der Waals surface area contributed by atoms with E-state index in [2.05, 4.69) is 5.32 Å². The first-order valence-corrected chi connectivity index (χ1v) is 10.6. The highest BCUT2D eigenvalue weighted by Gasteiger charge is 2.17. The number of nitrogens with one attached hydrogen (secondary N) is 1. The van der Waals surface area contributed by atoms with Gasteiger partial charge in [0.15, 0.2) is 0 Å². The fourth-order valence-corrected chi connectivity index (χ4v) is 3.51. The van der Waals surface area contributed by atoms with Gasteiger partial charge in [-0.05, 0) is 50.1 Å². The maximum absolute atomic E-state index is 11.8. The van der Waals surface area contributed by atoms with E-state index < -0.39 is 16.3 Å². The third-order valence-electron chi connectivity index (χ3n) is 4.07. The average molecular weight is 409 g/mol. The predicted molar refractivity (Wildman–Crippen MR) is 108 cm³/mol. The minimum absolute atomic E-state index is 0.0145. The van der Waals surface area contributed by atoms with Crippen molar-refractivity contribution in [3.63, 3.8) is 0 Å². The SMILES string of the molecule is CCOC(CN[C@H](C)Cc1ccc(OC)c(S(N)(=O)=O)c1)Oc1ccccc1. The Labute approximate surface area is 166 Å². The molecule has 0 fully saturated rings. The highest BCUT2D eigenvalue weighted by atomic mass is 32.2. The Kier molecular flexibility index (Phi) is 8.25. The van der Waals surface area contributed by atoms with Crippen LogP contribution in [-0.2, 0) is 21.2 Å². The Balaban J connectivity index is 1.97. The summed E-state index contributed by atoms with van der Waals surface area (Å²) in [5.74, 6) is 0.975. The number of hydrogen-bond donors (Lipinski definition) is 2. The van der Waals surface area contributed by atoms with E-state index in [1.54, 1.807) is 12.1 Å². The highest BCUT2D eigenvalue weighted by molar-refractivity contribution is 7.89. The van der Waals surface area contributed by atoms with Crippen LogP contribution in [0.5, 0.6) is 11.5 Å². The summed E-state index contributed by atoms with van der Waals surface area (Å²) in [5.41, 5.74) is 0.835. The molecule has 0 aliphatic heterocycles. The second kappa shape index (κ2) is 10.4. The van der Waals surface area contributed by atoms with Crippen LogP contribution in [0.1, 0.15) is 19.4 Å². The molecule has 2 rings (SSSR count). The van der Waals surface area contributed by atoms with Crippen molar-refractivity contribution in [2.75, 3.05) is 20.3 Å². The molecule has 8 heteroatoms. The average Bonchev–Trinajstić information content (AvgIpc) is 2.66. The van der Waals surface area contributed by atoms with E-state index in [-0.39, 0.29) is 16.7 Å². The third kappa shape index (κ3) is 6.79. The van der Waals surface area contributed by atoms with Gasteiger partial charge in [-0.15, -0.1) is 0 Å². The molecule has 0 bridgehead atoms. The van der Waals surface area contributed by atoms with E-state index in [0.29, 0.717) is 19.6 Å². The van der Waals surface area contributed by atoms with Crippen LogP contribution >= 0.6 is 0 Å². The quantitative estimate of drug-likeness (QED) is 0.554. The third-order valence-corrected chi connectivity index (χ3v) is 5.00. The summed E-state index contributed by atoms with van der Waals surface area (Å²) in [7, 11) is -2.45. The van der Waals surface area contributed by atoms with Crippen LogP contribution < -0.4 is 19.9 Å². The standard InChI is InChI=1S/C20H28N2O5S/c1-4-26-20(27-17-8-6-5-7-9-17)14-22-15(2)12-16-10-11-18(25-3)19(13-16)28(21,23)24/h5-11,13,15,20,22H,4,12,14H2,1-3H3,(H2,21,23,24)/t15-,20?/m1/s1. The summed E-state index contributed by atoms with van der Waals surface area (Å²) >= 11 is 0. The molecule has 0 amide bonds. The molecule has 0 aliphatic carbocycles. The Morgan fingerprint density at radius 3 is 2.46 bits per heavy atom. The molecular formula is C20H28N2O5S. The van der Waals surface area contributed by atoms with Crippen LogP contribution in [-0.4, -0.2) is 41.0 Å². The van der Waals surface area contributed by atoms with Gasteiger partial charge < -0.3 is 19.5 Å². The molecule has 28 heavy (non-hydrogen) atoms. The summed E-state index contributed by atoms with van der Waals surface area (Å²) in [6.45, 7) is 4.94. The largest absolute Gasteiger partial charge is 0.495 e. The fraction of sp³-hybridized carbons (Fsp3) is 0.400. The first kappa shape index (κ1) is 22.2. The van der Waals surface area contributed by atoms with Gasteiger partial charge in [0.2, 0.25) is 16.3 Å². The molecule has 3 N–H and O–H groups in total. The van der Waals surface area contributed by atoms with E-state index >= 15 is 0 Å². The molecule has 2 atom stereocenters. The van der Waals surface area contributed by atoms with Crippen molar-refractivity contribution in [2.24, 2.45) is 5.14 Å². The number of sulfonamides is 1. The van der Waals surface area contributed by atoms with Crippen LogP contribution in [0.3, 0.4) is 0 Å². The Morgan fingerprint density at radius 1 is 1.14 bits per heavy atom. The molecule has 0 radical (unpaired) electrons. The molecule has 2 aromatic rings. The minimum Gasteiger partial charge on any atom is -0.495 e. The number of hydrogen-bond acceptors (Lipinski definition) is 6. The van der Waals surface area contributed by atoms with Gasteiger partial charge in [-0.1, -0.05) is 24.3 Å². The first-order valence-electron chi connectivity index (χ1n) is 9.10. The van der Waals surface area contributed by atoms with Gasteiger partial charge in [0, 0.05) is 12.6 Å². The number of para-hydroxylation sites is 1. The lowest BCUT2D eigenvalue weighted by atomic mass is 10.1. The topological polar surface area (TPSA) is 99.9 Å². The van der Waals surface area contributed by atoms with E-state index in [0.717, 1.165) is 11.3 Å². The van der Waals surface area contributed by atoms with E-state index in [1.165, 1.54) is 7.11 Å². The van der Waals surface area contributed by atoms with Gasteiger partial charge >= 0.3 is 0 Å². The van der Waals surface area contributed by atoms with Crippen LogP contribution in [0, 0.1) is 0 Å². The zero-order valence-corrected chi connectivity index (χ0v) is 17.2. The minimum atomic E-state index is -3.86. The van der Waals surface area contributed by atoms with E-state index in [9.17, 15) is 8.42 Å². The normalized spacial score (nSPS) is 13.7. The monoisotopic (exact) mass is 408 g/mol. The maximum Gasteiger partial charge on any atom is 0.241 e. The van der Waals surface area contributed by atoms with E-state index in [1.807, 2.05) is 50.2 Å². The second-order valence-electron chi connectivity index (χ2n) is 6.36. The molecule has 0 aliphatic rings. The summed E-state index contributed by atoms with van der Waals surface area (Å²) in [4.78, 5) is -0.0145. The van der Waals surface area contributed by atoms with Gasteiger partial charge in [-0.25, -0.2) is 13.6 Å². The summed E-state index contributed by atoms with van der Waals surface area (Å²) in [5, 5.41) is 8.64. The molecule has 0 saturated carbocycles. The lowest BCUT2D eigenvalue weighted by Crippen LogP contribution is -2.39. The Bertz CT molecular complexity index is 843. The predicted octanol–water partition coefficient (Wildman–Crippen LogP) is 2.30. The van der Waals surface area contributed by atoms with Crippen molar-refractivity contribution in [3.05, 3.63) is 54.1 Å². The van der Waals surface area contributed by atoms with Crippen molar-refractivity contribution >= 4 is 10.0 Å². The van der Waals surface area contributed by atoms with Crippen molar-refractivity contribution in [1.29, 1.82) is 0 Å². The van der Waals surface area contributed by atoms with Crippen LogP contribution in [0.25, 0.3) is 0 Å². The second-order valence-corrected chi connectivity index (χ2v) is 7.89. The van der Waals surface area contributed by atoms with Crippen LogP contribution in [0.2, 0.25) is 0 Å². The fourth-order valence-electron chi connectivity index (χ4n) is 2.76. The lowest BCUT2D eigenvalue weighted by molar-refractivity contribution is -0.0738. The molecule has 0 saturated heterocycles. The molecule has 0 aromatic heterocycles. The van der Waals surface area contributed by atoms with E-state index in [4.69, 9.17) is 19.3 Å². The first-order chi connectivity index (χ1) is 13.3. The number of primary sulfonamides is 1. The van der Waals surface area contributed by atoms with Crippen molar-refractivity contribution < 1.29 is 22.6 Å². The summed E-state index contributed by atoms with van der Waals surface area (Å²) in [6, 6.07) is 14.5. The molecule has 2 aromatic carbocycles. The Morgan fingerprint density at radius 2 is 1.86 bits per heavy atom. The van der Waals surface area contributed by atoms with Gasteiger partial charge in [0.05, 0.1) is 13.7 Å². The van der Waals surface area contributed by atoms with Crippen LogP contribution in [0.15, 0.2) is 53.4 Å². The highest BCUT2D eigenvalue weighted by Crippen LogP contribution is 2.24. The number of nitrogens with two attached hydrogens (primary N) is 1. The van der Waals surface area contributed by atoms with Gasteiger partial charge in [-0.3, -0.25) is 0 Å². The summed E-state index contributed by atoms with van der Waals surface area (Å²) in [6.07, 6.45) is 0.183. The zero-order valence-electron chi connectivity index (χ0n) is 16.4. The molecule has 1 unspecified atom stereocenters. The number of benzene rings is 2. The van der Waals surface area contributed by atoms with Crippen molar-refractivity contribution in [3.8, 4) is 11.5 Å². The molecule has 0 heterocycles. The van der Waals surface area contributed by atoms with Gasteiger partial charge in [0.1, 0.15) is 16.4 Å². The number of rotatable bonds is 11. The number of ether oxygens (including phenoxy) is 3. The van der Waals surface area contributed by atoms with Crippen molar-refractivity contribution in [2.45, 2.75) is 37.5 Å². The zero-order chi connectivity index (χ0) is 20.6. The summed E-state index contributed by atoms with van der Waals surface area (Å²) < 4.78 is 40.1. The van der Waals surface area contributed by atoms with Crippen LogP contribution in [0.4, 0.5) is 0 Å². The maximum atomic E-state index is 11.8. The molecule has 0 spiro atoms. The molecular weight excluding hydrogens is 380 g/mol. The lowest BCUT2D eigenvalue weighted by Gasteiger charge is -2.22. The molecule has 154 valence electrons. The Hall–Kier alpha value is -2.13. The van der Waals surface area contributed by atoms with Crippen molar-refractivity contribution in [1.82, 2.24) is 5.32 Å². The smallest absolute Gasteiger partial charge is 0.241 e. The number of methoxy groups -OCH3 is 1. The van der Waals surface area contributed by atoms with Gasteiger partial charge in [0.25, 0.3) is 0 Å². The van der Waals surface area contributed by atoms with Gasteiger partial charge in [-0.2, -0.15) is 0 Å².